The van der Waals surface area contributed by atoms with Crippen molar-refractivity contribution >= 4 is 23.2 Å². The van der Waals surface area contributed by atoms with Crippen molar-refractivity contribution in [2.75, 3.05) is 33.3 Å². The lowest BCUT2D eigenvalue weighted by Gasteiger charge is -2.34. The van der Waals surface area contributed by atoms with Crippen LogP contribution in [0.2, 0.25) is 5.02 Å². The molecule has 0 spiro atoms. The van der Waals surface area contributed by atoms with E-state index in [1.807, 2.05) is 17.0 Å². The normalized spacial score (nSPS) is 14.4. The number of hydrogen-bond acceptors (Lipinski definition) is 6. The fourth-order valence-corrected chi connectivity index (χ4v) is 3.90. The molecule has 1 aliphatic heterocycles. The molecule has 9 nitrogen and oxygen atoms in total. The SMILES string of the molecule is COc1ccc(Cl)cc1CN1CCN(C(=O)c2cnn(-c3ccc([N+](=O)[O-])cc3)c2)CC1. The Bertz CT molecular complexity index is 1120. The summed E-state index contributed by atoms with van der Waals surface area (Å²) in [6.45, 7) is 3.37. The first-order valence-corrected chi connectivity index (χ1v) is 10.5. The number of benzene rings is 2. The largest absolute Gasteiger partial charge is 0.496 e. The molecule has 1 aliphatic rings. The van der Waals surface area contributed by atoms with Crippen LogP contribution in [0.1, 0.15) is 15.9 Å². The molecule has 1 amide bonds. The third-order valence-corrected chi connectivity index (χ3v) is 5.69. The van der Waals surface area contributed by atoms with E-state index in [2.05, 4.69) is 10.00 Å². The molecule has 0 atom stereocenters. The molecule has 2 heterocycles. The number of hydrogen-bond donors (Lipinski definition) is 0. The Morgan fingerprint density at radius 1 is 1.16 bits per heavy atom. The van der Waals surface area contributed by atoms with Crippen molar-refractivity contribution in [1.82, 2.24) is 19.6 Å². The van der Waals surface area contributed by atoms with E-state index >= 15 is 0 Å². The van der Waals surface area contributed by atoms with Gasteiger partial charge in [-0.1, -0.05) is 11.6 Å². The van der Waals surface area contributed by atoms with Gasteiger partial charge in [-0.05, 0) is 30.3 Å². The molecule has 166 valence electrons. The maximum atomic E-state index is 12.9. The van der Waals surface area contributed by atoms with Crippen LogP contribution in [0.3, 0.4) is 0 Å². The zero-order valence-electron chi connectivity index (χ0n) is 17.5. The van der Waals surface area contributed by atoms with Gasteiger partial charge in [-0.25, -0.2) is 4.68 Å². The minimum absolute atomic E-state index is 0.00507. The summed E-state index contributed by atoms with van der Waals surface area (Å²) in [5.41, 5.74) is 2.15. The molecule has 0 radical (unpaired) electrons. The molecule has 2 aromatic carbocycles. The van der Waals surface area contributed by atoms with E-state index in [9.17, 15) is 14.9 Å². The molecular weight excluding hydrogens is 434 g/mol. The number of halogens is 1. The van der Waals surface area contributed by atoms with Crippen molar-refractivity contribution in [1.29, 1.82) is 0 Å². The Morgan fingerprint density at radius 2 is 1.88 bits per heavy atom. The minimum Gasteiger partial charge on any atom is -0.496 e. The Labute approximate surface area is 189 Å². The van der Waals surface area contributed by atoms with Crippen molar-refractivity contribution < 1.29 is 14.5 Å². The second-order valence-corrected chi connectivity index (χ2v) is 7.91. The van der Waals surface area contributed by atoms with Crippen molar-refractivity contribution in [2.24, 2.45) is 0 Å². The second-order valence-electron chi connectivity index (χ2n) is 7.47. The fraction of sp³-hybridized carbons (Fsp3) is 0.273. The first kappa shape index (κ1) is 21.8. The highest BCUT2D eigenvalue weighted by molar-refractivity contribution is 6.30. The van der Waals surface area contributed by atoms with E-state index in [0.717, 1.165) is 24.4 Å². The topological polar surface area (TPSA) is 93.7 Å². The molecule has 10 heteroatoms. The number of nitro benzene ring substituents is 1. The van der Waals surface area contributed by atoms with Gasteiger partial charge in [-0.15, -0.1) is 0 Å². The number of aromatic nitrogens is 2. The van der Waals surface area contributed by atoms with Gasteiger partial charge in [0.15, 0.2) is 0 Å². The van der Waals surface area contributed by atoms with E-state index < -0.39 is 4.92 Å². The second kappa shape index (κ2) is 9.37. The minimum atomic E-state index is -0.454. The fourth-order valence-electron chi connectivity index (χ4n) is 3.70. The zero-order valence-corrected chi connectivity index (χ0v) is 18.2. The molecule has 4 rings (SSSR count). The van der Waals surface area contributed by atoms with Crippen LogP contribution in [-0.4, -0.2) is 63.7 Å². The van der Waals surface area contributed by atoms with Gasteiger partial charge in [-0.2, -0.15) is 5.10 Å². The lowest BCUT2D eigenvalue weighted by Crippen LogP contribution is -2.48. The number of carbonyl (C=O) groups is 1. The maximum absolute atomic E-state index is 12.9. The van der Waals surface area contributed by atoms with E-state index in [1.165, 1.54) is 18.3 Å². The third kappa shape index (κ3) is 4.74. The number of rotatable bonds is 6. The number of piperazine rings is 1. The van der Waals surface area contributed by atoms with Gasteiger partial charge in [0.2, 0.25) is 0 Å². The highest BCUT2D eigenvalue weighted by atomic mass is 35.5. The van der Waals surface area contributed by atoms with Crippen LogP contribution >= 0.6 is 11.6 Å². The first-order valence-electron chi connectivity index (χ1n) is 10.1. The van der Waals surface area contributed by atoms with Crippen molar-refractivity contribution in [2.45, 2.75) is 6.54 Å². The van der Waals surface area contributed by atoms with Crippen molar-refractivity contribution in [3.05, 3.63) is 81.1 Å². The number of methoxy groups -OCH3 is 1. The predicted octanol–water partition coefficient (Wildman–Crippen LogP) is 3.40. The summed E-state index contributed by atoms with van der Waals surface area (Å²) in [6.07, 6.45) is 3.17. The number of ether oxygens (including phenoxy) is 1. The van der Waals surface area contributed by atoms with E-state index in [0.29, 0.717) is 35.9 Å². The smallest absolute Gasteiger partial charge is 0.269 e. The van der Waals surface area contributed by atoms with Crippen LogP contribution in [0, 0.1) is 10.1 Å². The van der Waals surface area contributed by atoms with Gasteiger partial charge in [0.25, 0.3) is 11.6 Å². The van der Waals surface area contributed by atoms with Gasteiger partial charge < -0.3 is 9.64 Å². The van der Waals surface area contributed by atoms with Crippen LogP contribution in [0.15, 0.2) is 54.9 Å². The summed E-state index contributed by atoms with van der Waals surface area (Å²) in [6, 6.07) is 11.6. The molecule has 0 bridgehead atoms. The Balaban J connectivity index is 1.37. The molecule has 0 aliphatic carbocycles. The summed E-state index contributed by atoms with van der Waals surface area (Å²) < 4.78 is 6.96. The van der Waals surface area contributed by atoms with Crippen LogP contribution < -0.4 is 4.74 Å². The van der Waals surface area contributed by atoms with E-state index in [-0.39, 0.29) is 11.6 Å². The highest BCUT2D eigenvalue weighted by Gasteiger charge is 2.24. The number of non-ortho nitro benzene ring substituents is 1. The van der Waals surface area contributed by atoms with Crippen LogP contribution in [-0.2, 0) is 6.54 Å². The summed E-state index contributed by atoms with van der Waals surface area (Å²) in [5.74, 6) is 0.713. The van der Waals surface area contributed by atoms with Crippen molar-refractivity contribution in [3.8, 4) is 11.4 Å². The third-order valence-electron chi connectivity index (χ3n) is 5.45. The van der Waals surface area contributed by atoms with Crippen LogP contribution in [0.4, 0.5) is 5.69 Å². The van der Waals surface area contributed by atoms with Gasteiger partial charge >= 0.3 is 0 Å². The monoisotopic (exact) mass is 455 g/mol. The quantitative estimate of drug-likeness (QED) is 0.417. The molecule has 32 heavy (non-hydrogen) atoms. The van der Waals surface area contributed by atoms with E-state index in [1.54, 1.807) is 36.2 Å². The van der Waals surface area contributed by atoms with Gasteiger partial charge in [0, 0.05) is 61.6 Å². The zero-order chi connectivity index (χ0) is 22.7. The van der Waals surface area contributed by atoms with Gasteiger partial charge in [0.05, 0.1) is 29.5 Å². The Morgan fingerprint density at radius 3 is 2.53 bits per heavy atom. The van der Waals surface area contributed by atoms with Gasteiger partial charge in [-0.3, -0.25) is 19.8 Å². The van der Waals surface area contributed by atoms with Crippen LogP contribution in [0.5, 0.6) is 5.75 Å². The number of nitro groups is 1. The molecule has 0 N–H and O–H groups in total. The van der Waals surface area contributed by atoms with E-state index in [4.69, 9.17) is 16.3 Å². The average Bonchev–Trinajstić information content (AvgIpc) is 3.30. The summed E-state index contributed by atoms with van der Waals surface area (Å²) >= 11 is 6.13. The number of nitrogens with zero attached hydrogens (tertiary/aromatic N) is 5. The molecule has 1 saturated heterocycles. The molecule has 1 fully saturated rings. The summed E-state index contributed by atoms with van der Waals surface area (Å²) in [7, 11) is 1.64. The summed E-state index contributed by atoms with van der Waals surface area (Å²) in [4.78, 5) is 27.3. The number of carbonyl (C=O) groups excluding carboxylic acids is 1. The predicted molar refractivity (Wildman–Crippen MR) is 119 cm³/mol. The van der Waals surface area contributed by atoms with Crippen LogP contribution in [0.25, 0.3) is 5.69 Å². The first-order chi connectivity index (χ1) is 15.4. The molecule has 0 unspecified atom stereocenters. The lowest BCUT2D eigenvalue weighted by molar-refractivity contribution is -0.384. The lowest BCUT2D eigenvalue weighted by atomic mass is 10.1. The molecule has 0 saturated carbocycles. The Kier molecular flexibility index (Phi) is 6.38. The average molecular weight is 456 g/mol. The standard InChI is InChI=1S/C22H22ClN5O4/c1-32-21-7-2-18(23)12-16(21)14-25-8-10-26(11-9-25)22(29)17-13-24-27(15-17)19-3-5-20(6-4-19)28(30)31/h2-7,12-13,15H,8-11,14H2,1H3. The molecule has 1 aromatic heterocycles. The Hall–Kier alpha value is -3.43. The van der Waals surface area contributed by atoms with Crippen molar-refractivity contribution in [3.63, 3.8) is 0 Å². The maximum Gasteiger partial charge on any atom is 0.269 e. The highest BCUT2D eigenvalue weighted by Crippen LogP contribution is 2.24. The summed E-state index contributed by atoms with van der Waals surface area (Å²) in [5, 5.41) is 15.7. The molecule has 3 aromatic rings. The molecular formula is C22H22ClN5O4. The van der Waals surface area contributed by atoms with Gasteiger partial charge in [0.1, 0.15) is 5.75 Å². The number of amides is 1.